The quantitative estimate of drug-likeness (QED) is 0.803. The van der Waals surface area contributed by atoms with Gasteiger partial charge in [-0.05, 0) is 26.0 Å². The van der Waals surface area contributed by atoms with E-state index in [1.54, 1.807) is 39.0 Å². The fraction of sp³-hybridized carbons (Fsp3) is 0.579. The number of likely N-dealkylation sites (tertiary alicyclic amines) is 2. The average molecular weight is 365 g/mol. The predicted molar refractivity (Wildman–Crippen MR) is 94.1 cm³/mol. The molecule has 2 aliphatic heterocycles. The van der Waals surface area contributed by atoms with E-state index in [-0.39, 0.29) is 17.9 Å². The molecule has 2 aliphatic rings. The molecule has 7 heteroatoms. The molecule has 0 bridgehead atoms. The number of carbonyl (C=O) groups is 2. The van der Waals surface area contributed by atoms with Crippen molar-refractivity contribution in [2.24, 2.45) is 0 Å². The molecule has 0 aliphatic carbocycles. The summed E-state index contributed by atoms with van der Waals surface area (Å²) in [6.07, 6.45) is -0.439. The first kappa shape index (κ1) is 18.8. The third-order valence-corrected chi connectivity index (χ3v) is 5.31. The summed E-state index contributed by atoms with van der Waals surface area (Å²) in [6.45, 7) is 5.06. The van der Waals surface area contributed by atoms with Gasteiger partial charge in [-0.3, -0.25) is 14.5 Å². The Balaban J connectivity index is 1.66. The van der Waals surface area contributed by atoms with Crippen LogP contribution in [0.15, 0.2) is 30.3 Å². The summed E-state index contributed by atoms with van der Waals surface area (Å²) in [6, 6.07) is 7.92. The topological polar surface area (TPSA) is 43.9 Å². The Morgan fingerprint density at radius 1 is 1.15 bits per heavy atom. The van der Waals surface area contributed by atoms with Crippen molar-refractivity contribution in [2.45, 2.75) is 38.3 Å². The van der Waals surface area contributed by atoms with E-state index in [9.17, 15) is 18.4 Å². The zero-order valence-electron chi connectivity index (χ0n) is 15.2. The highest BCUT2D eigenvalue weighted by Crippen LogP contribution is 2.36. The maximum atomic E-state index is 14.0. The van der Waals surface area contributed by atoms with Gasteiger partial charge in [0.25, 0.3) is 11.8 Å². The fourth-order valence-corrected chi connectivity index (χ4v) is 3.79. The molecule has 0 saturated carbocycles. The number of benzene rings is 1. The van der Waals surface area contributed by atoms with Gasteiger partial charge in [-0.1, -0.05) is 18.2 Å². The molecule has 0 radical (unpaired) electrons. The molecule has 2 amide bonds. The van der Waals surface area contributed by atoms with Crippen LogP contribution in [0.1, 0.15) is 30.6 Å². The van der Waals surface area contributed by atoms with Crippen molar-refractivity contribution >= 4 is 11.8 Å². The molecule has 0 spiro atoms. The van der Waals surface area contributed by atoms with Crippen molar-refractivity contribution in [1.82, 2.24) is 14.7 Å². The molecule has 2 heterocycles. The van der Waals surface area contributed by atoms with Crippen LogP contribution in [-0.4, -0.2) is 77.2 Å². The van der Waals surface area contributed by atoms with Crippen molar-refractivity contribution in [3.63, 3.8) is 0 Å². The first-order valence-electron chi connectivity index (χ1n) is 9.13. The van der Waals surface area contributed by atoms with E-state index in [1.807, 2.05) is 19.9 Å². The molecule has 26 heavy (non-hydrogen) atoms. The second kappa shape index (κ2) is 7.31. The van der Waals surface area contributed by atoms with Crippen LogP contribution in [0.3, 0.4) is 0 Å². The average Bonchev–Trinajstić information content (AvgIpc) is 2.90. The van der Waals surface area contributed by atoms with Gasteiger partial charge in [0.05, 0.1) is 12.6 Å². The highest BCUT2D eigenvalue weighted by atomic mass is 19.3. The van der Waals surface area contributed by atoms with Crippen molar-refractivity contribution in [3.05, 3.63) is 35.9 Å². The highest BCUT2D eigenvalue weighted by Gasteiger charge is 2.53. The Morgan fingerprint density at radius 3 is 2.35 bits per heavy atom. The Hall–Kier alpha value is -2.02. The number of likely N-dealkylation sites (N-methyl/N-ethyl adjacent to an activating group) is 1. The molecular weight excluding hydrogens is 340 g/mol. The van der Waals surface area contributed by atoms with Crippen molar-refractivity contribution in [2.75, 3.05) is 32.7 Å². The molecule has 5 nitrogen and oxygen atoms in total. The van der Waals surface area contributed by atoms with Gasteiger partial charge < -0.3 is 9.80 Å². The highest BCUT2D eigenvalue weighted by molar-refractivity contribution is 5.94. The van der Waals surface area contributed by atoms with Gasteiger partial charge in [-0.25, -0.2) is 8.78 Å². The van der Waals surface area contributed by atoms with Gasteiger partial charge in [0.15, 0.2) is 0 Å². The first-order valence-corrected chi connectivity index (χ1v) is 9.13. The summed E-state index contributed by atoms with van der Waals surface area (Å²) < 4.78 is 28.0. The Kier molecular flexibility index (Phi) is 5.27. The van der Waals surface area contributed by atoms with E-state index in [0.717, 1.165) is 0 Å². The molecule has 1 atom stereocenters. The summed E-state index contributed by atoms with van der Waals surface area (Å²) in [5.74, 6) is -3.20. The fourth-order valence-electron chi connectivity index (χ4n) is 3.79. The number of rotatable bonds is 5. The van der Waals surface area contributed by atoms with Crippen LogP contribution in [0.5, 0.6) is 0 Å². The summed E-state index contributed by atoms with van der Waals surface area (Å²) in [7, 11) is 0. The van der Waals surface area contributed by atoms with E-state index in [4.69, 9.17) is 0 Å². The third-order valence-electron chi connectivity index (χ3n) is 5.31. The molecule has 0 N–H and O–H groups in total. The van der Waals surface area contributed by atoms with Crippen molar-refractivity contribution in [3.8, 4) is 0 Å². The monoisotopic (exact) mass is 365 g/mol. The minimum Gasteiger partial charge on any atom is -0.342 e. The second-order valence-corrected chi connectivity index (χ2v) is 6.99. The number of alkyl halides is 2. The number of amides is 2. The molecule has 0 unspecified atom stereocenters. The van der Waals surface area contributed by atoms with E-state index >= 15 is 0 Å². The first-order chi connectivity index (χ1) is 12.4. The van der Waals surface area contributed by atoms with E-state index < -0.39 is 24.9 Å². The molecule has 0 aromatic heterocycles. The normalized spacial score (nSPS) is 22.9. The van der Waals surface area contributed by atoms with E-state index in [0.29, 0.717) is 31.7 Å². The Bertz CT molecular complexity index is 658. The number of hydrogen-bond donors (Lipinski definition) is 0. The van der Waals surface area contributed by atoms with Crippen LogP contribution in [0.2, 0.25) is 0 Å². The molecular formula is C19H25F2N3O2. The lowest BCUT2D eigenvalue weighted by Crippen LogP contribution is -2.63. The third kappa shape index (κ3) is 3.58. The van der Waals surface area contributed by atoms with Gasteiger partial charge in [-0.2, -0.15) is 0 Å². The van der Waals surface area contributed by atoms with Gasteiger partial charge in [0, 0.05) is 44.2 Å². The lowest BCUT2D eigenvalue weighted by atomic mass is 10.0. The van der Waals surface area contributed by atoms with Crippen molar-refractivity contribution < 1.29 is 18.4 Å². The lowest BCUT2D eigenvalue weighted by Gasteiger charge is -2.46. The van der Waals surface area contributed by atoms with Gasteiger partial charge in [0.2, 0.25) is 5.91 Å². The standard InChI is InChI=1S/C19H25F2N3O2/c1-3-22(4-2)18(26)16-10-19(20,21)13-24(16)15-11-23(12-15)17(25)14-8-6-5-7-9-14/h5-9,15-16H,3-4,10-13H2,1-2H3/t16-/m0/s1. The van der Waals surface area contributed by atoms with Gasteiger partial charge >= 0.3 is 0 Å². The number of nitrogens with zero attached hydrogens (tertiary/aromatic N) is 3. The molecule has 2 saturated heterocycles. The zero-order chi connectivity index (χ0) is 18.9. The zero-order valence-corrected chi connectivity index (χ0v) is 15.2. The molecule has 3 rings (SSSR count). The van der Waals surface area contributed by atoms with Crippen LogP contribution in [0, 0.1) is 0 Å². The minimum atomic E-state index is -2.86. The van der Waals surface area contributed by atoms with Gasteiger partial charge in [-0.15, -0.1) is 0 Å². The molecule has 142 valence electrons. The maximum absolute atomic E-state index is 14.0. The molecule has 1 aromatic rings. The summed E-state index contributed by atoms with van der Waals surface area (Å²) in [5.41, 5.74) is 0.591. The number of hydrogen-bond acceptors (Lipinski definition) is 3. The second-order valence-electron chi connectivity index (χ2n) is 6.99. The predicted octanol–water partition coefficient (Wildman–Crippen LogP) is 2.09. The summed E-state index contributed by atoms with van der Waals surface area (Å²) >= 11 is 0. The maximum Gasteiger partial charge on any atom is 0.262 e. The SMILES string of the molecule is CCN(CC)C(=O)[C@@H]1CC(F)(F)CN1C1CN(C(=O)c2ccccc2)C1. The van der Waals surface area contributed by atoms with Crippen LogP contribution in [-0.2, 0) is 4.79 Å². The van der Waals surface area contributed by atoms with Crippen LogP contribution in [0.25, 0.3) is 0 Å². The summed E-state index contributed by atoms with van der Waals surface area (Å²) in [5, 5.41) is 0. The Labute approximate surface area is 152 Å². The van der Waals surface area contributed by atoms with Crippen LogP contribution >= 0.6 is 0 Å². The van der Waals surface area contributed by atoms with Crippen LogP contribution < -0.4 is 0 Å². The van der Waals surface area contributed by atoms with Gasteiger partial charge in [0.1, 0.15) is 0 Å². The number of carbonyl (C=O) groups excluding carboxylic acids is 2. The van der Waals surface area contributed by atoms with E-state index in [1.165, 1.54) is 0 Å². The van der Waals surface area contributed by atoms with Crippen LogP contribution in [0.4, 0.5) is 8.78 Å². The lowest BCUT2D eigenvalue weighted by molar-refractivity contribution is -0.137. The number of halogens is 2. The van der Waals surface area contributed by atoms with Crippen molar-refractivity contribution in [1.29, 1.82) is 0 Å². The summed E-state index contributed by atoms with van der Waals surface area (Å²) in [4.78, 5) is 29.9. The molecule has 2 fully saturated rings. The minimum absolute atomic E-state index is 0.0978. The largest absolute Gasteiger partial charge is 0.342 e. The molecule has 1 aromatic carbocycles. The van der Waals surface area contributed by atoms with E-state index in [2.05, 4.69) is 0 Å². The Morgan fingerprint density at radius 2 is 1.77 bits per heavy atom. The smallest absolute Gasteiger partial charge is 0.262 e.